The van der Waals surface area contributed by atoms with Gasteiger partial charge in [-0.1, -0.05) is 5.11 Å². The van der Waals surface area contributed by atoms with E-state index in [0.29, 0.717) is 4.31 Å². The van der Waals surface area contributed by atoms with Gasteiger partial charge < -0.3 is 0 Å². The fourth-order valence-corrected chi connectivity index (χ4v) is 2.98. The molecule has 0 unspecified atom stereocenters. The van der Waals surface area contributed by atoms with Crippen LogP contribution in [0.4, 0.5) is 0 Å². The molecule has 0 atom stereocenters. The Balaban J connectivity index is 2.40. The lowest BCUT2D eigenvalue weighted by atomic mass is 10.3. The second-order valence-electron chi connectivity index (χ2n) is 3.19. The summed E-state index contributed by atoms with van der Waals surface area (Å²) >= 11 is 0. The van der Waals surface area contributed by atoms with E-state index in [-0.39, 0.29) is 23.7 Å². The monoisotopic (exact) mass is 253 g/mol. The number of sulfonamides is 1. The Morgan fingerprint density at radius 3 is 2.94 bits per heavy atom. The van der Waals surface area contributed by atoms with Crippen molar-refractivity contribution in [2.75, 3.05) is 13.1 Å². The van der Waals surface area contributed by atoms with Gasteiger partial charge in [0.25, 0.3) is 15.9 Å². The highest BCUT2D eigenvalue weighted by Crippen LogP contribution is 2.27. The fraction of sp³-hybridized carbons (Fsp3) is 0.250. The van der Waals surface area contributed by atoms with Crippen LogP contribution in [0.3, 0.4) is 0 Å². The molecule has 17 heavy (non-hydrogen) atoms. The molecule has 0 saturated carbocycles. The van der Waals surface area contributed by atoms with E-state index in [1.165, 1.54) is 18.3 Å². The Morgan fingerprint density at radius 1 is 1.53 bits per heavy atom. The molecule has 1 aliphatic rings. The second kappa shape index (κ2) is 4.04. The van der Waals surface area contributed by atoms with Crippen LogP contribution < -0.4 is 0 Å². The van der Waals surface area contributed by atoms with Crippen molar-refractivity contribution in [2.24, 2.45) is 5.11 Å². The van der Waals surface area contributed by atoms with Gasteiger partial charge in [-0.2, -0.15) is 8.42 Å². The van der Waals surface area contributed by atoms with Crippen LogP contribution >= 0.6 is 0 Å². The number of fused-ring (bicyclic) bond motifs is 1. The van der Waals surface area contributed by atoms with Gasteiger partial charge in [0.05, 0.1) is 5.56 Å². The lowest BCUT2D eigenvalue weighted by Gasteiger charge is -2.12. The highest BCUT2D eigenvalue weighted by molar-refractivity contribution is 7.90. The number of nitrogens with zero attached hydrogens (tertiary/aromatic N) is 5. The van der Waals surface area contributed by atoms with E-state index in [9.17, 15) is 13.2 Å². The maximum Gasteiger partial charge on any atom is 0.285 e. The summed E-state index contributed by atoms with van der Waals surface area (Å²) in [4.78, 5) is 18.0. The first-order valence-corrected chi connectivity index (χ1v) is 6.06. The van der Waals surface area contributed by atoms with E-state index in [0.717, 1.165) is 0 Å². The molecule has 88 valence electrons. The topological polar surface area (TPSA) is 116 Å². The molecule has 0 aliphatic carbocycles. The molecule has 0 fully saturated rings. The molecular formula is C8H7N5O3S. The number of hydrogen-bond acceptors (Lipinski definition) is 5. The first kappa shape index (κ1) is 11.4. The van der Waals surface area contributed by atoms with Gasteiger partial charge in [0.15, 0.2) is 5.03 Å². The number of azide groups is 1. The summed E-state index contributed by atoms with van der Waals surface area (Å²) in [5, 5.41) is 2.96. The van der Waals surface area contributed by atoms with Crippen LogP contribution in [-0.2, 0) is 10.0 Å². The Hall–Kier alpha value is -2.12. The van der Waals surface area contributed by atoms with Gasteiger partial charge in [-0.15, -0.1) is 0 Å². The molecule has 0 saturated heterocycles. The predicted molar refractivity (Wildman–Crippen MR) is 56.5 cm³/mol. The number of amides is 1. The molecule has 1 aromatic rings. The smallest absolute Gasteiger partial charge is 0.268 e. The van der Waals surface area contributed by atoms with Crippen molar-refractivity contribution in [3.05, 3.63) is 34.3 Å². The molecule has 1 amide bonds. The number of rotatable bonds is 3. The van der Waals surface area contributed by atoms with Gasteiger partial charge >= 0.3 is 0 Å². The minimum absolute atomic E-state index is 0.0495. The van der Waals surface area contributed by atoms with Crippen LogP contribution in [0.2, 0.25) is 0 Å². The van der Waals surface area contributed by atoms with Crippen LogP contribution in [0, 0.1) is 0 Å². The molecule has 0 radical (unpaired) electrons. The second-order valence-corrected chi connectivity index (χ2v) is 4.97. The predicted octanol–water partition coefficient (Wildman–Crippen LogP) is 0.536. The summed E-state index contributed by atoms with van der Waals surface area (Å²) in [6.07, 6.45) is 1.31. The highest BCUT2D eigenvalue weighted by Gasteiger charge is 2.41. The van der Waals surface area contributed by atoms with Gasteiger partial charge in [0, 0.05) is 24.2 Å². The molecule has 1 aromatic heterocycles. The first-order valence-electron chi connectivity index (χ1n) is 4.62. The molecule has 2 heterocycles. The van der Waals surface area contributed by atoms with Crippen LogP contribution in [0.5, 0.6) is 0 Å². The van der Waals surface area contributed by atoms with E-state index in [2.05, 4.69) is 15.0 Å². The van der Waals surface area contributed by atoms with Crippen molar-refractivity contribution in [1.82, 2.24) is 9.29 Å². The summed E-state index contributed by atoms with van der Waals surface area (Å²) in [7, 11) is -3.89. The molecule has 8 nitrogen and oxygen atoms in total. The largest absolute Gasteiger partial charge is 0.285 e. The van der Waals surface area contributed by atoms with E-state index in [1.807, 2.05) is 0 Å². The minimum Gasteiger partial charge on any atom is -0.268 e. The Bertz CT molecular complexity index is 620. The van der Waals surface area contributed by atoms with Gasteiger partial charge in [-0.25, -0.2) is 9.29 Å². The third-order valence-electron chi connectivity index (χ3n) is 2.23. The molecule has 0 aromatic carbocycles. The van der Waals surface area contributed by atoms with Crippen molar-refractivity contribution in [2.45, 2.75) is 5.03 Å². The molecule has 0 spiro atoms. The van der Waals surface area contributed by atoms with E-state index < -0.39 is 15.9 Å². The number of carbonyl (C=O) groups excluding carboxylic acids is 1. The number of pyridine rings is 1. The summed E-state index contributed by atoms with van der Waals surface area (Å²) in [6, 6.07) is 2.89. The van der Waals surface area contributed by atoms with Crippen LogP contribution in [0.1, 0.15) is 10.4 Å². The zero-order valence-corrected chi connectivity index (χ0v) is 9.33. The Morgan fingerprint density at radius 2 is 2.29 bits per heavy atom. The molecule has 2 rings (SSSR count). The zero-order chi connectivity index (χ0) is 12.5. The van der Waals surface area contributed by atoms with Gasteiger partial charge in [0.2, 0.25) is 0 Å². The minimum atomic E-state index is -3.89. The van der Waals surface area contributed by atoms with Gasteiger partial charge in [-0.05, 0) is 17.7 Å². The average molecular weight is 253 g/mol. The quantitative estimate of drug-likeness (QED) is 0.443. The molecular weight excluding hydrogens is 246 g/mol. The standard InChI is InChI=1S/C8H7N5O3S/c9-12-11-4-5-13-8(14)6-2-1-3-10-7(6)17(13,15)16/h1-3H,4-5H2. The van der Waals surface area contributed by atoms with Crippen molar-refractivity contribution in [1.29, 1.82) is 0 Å². The first-order chi connectivity index (χ1) is 8.09. The lowest BCUT2D eigenvalue weighted by molar-refractivity contribution is 0.0873. The average Bonchev–Trinajstić information content (AvgIpc) is 2.51. The lowest BCUT2D eigenvalue weighted by Crippen LogP contribution is -2.32. The van der Waals surface area contributed by atoms with E-state index in [4.69, 9.17) is 5.53 Å². The van der Waals surface area contributed by atoms with Crippen molar-refractivity contribution >= 4 is 15.9 Å². The summed E-state index contributed by atoms with van der Waals surface area (Å²) in [5.74, 6) is -0.638. The third kappa shape index (κ3) is 1.71. The number of aromatic nitrogens is 1. The number of hydrogen-bond donors (Lipinski definition) is 0. The fourth-order valence-electron chi connectivity index (χ4n) is 1.51. The summed E-state index contributed by atoms with van der Waals surface area (Å²) in [6.45, 7) is -0.281. The van der Waals surface area contributed by atoms with Crippen LogP contribution in [-0.4, -0.2) is 36.7 Å². The normalized spacial score (nSPS) is 16.5. The zero-order valence-electron chi connectivity index (χ0n) is 8.52. The van der Waals surface area contributed by atoms with Crippen molar-refractivity contribution < 1.29 is 13.2 Å². The molecule has 0 bridgehead atoms. The molecule has 1 aliphatic heterocycles. The SMILES string of the molecule is [N-]=[N+]=NCCN1C(=O)c2cccnc2S1(=O)=O. The summed E-state index contributed by atoms with van der Waals surface area (Å²) in [5.41, 5.74) is 8.15. The van der Waals surface area contributed by atoms with Gasteiger partial charge in [0.1, 0.15) is 0 Å². The Labute approximate surface area is 96.6 Å². The van der Waals surface area contributed by atoms with E-state index >= 15 is 0 Å². The summed E-state index contributed by atoms with van der Waals surface area (Å²) < 4.78 is 24.5. The van der Waals surface area contributed by atoms with Crippen LogP contribution in [0.15, 0.2) is 28.5 Å². The maximum absolute atomic E-state index is 11.9. The maximum atomic E-state index is 11.9. The van der Waals surface area contributed by atoms with Crippen molar-refractivity contribution in [3.63, 3.8) is 0 Å². The number of carbonyl (C=O) groups is 1. The highest BCUT2D eigenvalue weighted by atomic mass is 32.2. The molecule has 0 N–H and O–H groups in total. The van der Waals surface area contributed by atoms with Crippen molar-refractivity contribution in [3.8, 4) is 0 Å². The van der Waals surface area contributed by atoms with Gasteiger partial charge in [-0.3, -0.25) is 4.79 Å². The van der Waals surface area contributed by atoms with Crippen LogP contribution in [0.25, 0.3) is 10.4 Å². The third-order valence-corrected chi connectivity index (χ3v) is 3.97. The molecule has 9 heteroatoms. The Kier molecular flexibility index (Phi) is 2.70. The van der Waals surface area contributed by atoms with E-state index in [1.54, 1.807) is 0 Å².